The van der Waals surface area contributed by atoms with Crippen LogP contribution in [0.25, 0.3) is 5.52 Å². The van der Waals surface area contributed by atoms with Gasteiger partial charge >= 0.3 is 5.69 Å². The molecule has 0 bridgehead atoms. The van der Waals surface area contributed by atoms with Crippen LogP contribution in [0.1, 0.15) is 30.3 Å². The Balaban J connectivity index is 1.83. The van der Waals surface area contributed by atoms with Gasteiger partial charge < -0.3 is 14.8 Å². The molecule has 2 aromatic heterocycles. The fourth-order valence-corrected chi connectivity index (χ4v) is 3.71. The number of aromatic nitrogens is 2. The Morgan fingerprint density at radius 3 is 2.88 bits per heavy atom. The lowest BCUT2D eigenvalue weighted by Gasteiger charge is -2.31. The predicted molar refractivity (Wildman–Crippen MR) is 103 cm³/mol. The van der Waals surface area contributed by atoms with Crippen LogP contribution in [0.5, 0.6) is 0 Å². The molecule has 1 fully saturated rings. The maximum Gasteiger partial charge on any atom is 0.330 e. The van der Waals surface area contributed by atoms with Gasteiger partial charge in [0.2, 0.25) is 0 Å². The molecule has 1 unspecified atom stereocenters. The minimum absolute atomic E-state index is 0.101. The second kappa shape index (κ2) is 8.05. The number of carbonyl (C=O) groups excluding carboxylic acids is 1. The molecule has 1 aliphatic rings. The molecule has 0 aromatic carbocycles. The van der Waals surface area contributed by atoms with Crippen molar-refractivity contribution in [1.82, 2.24) is 24.1 Å². The maximum atomic E-state index is 13.2. The van der Waals surface area contributed by atoms with E-state index in [4.69, 9.17) is 0 Å². The second-order valence-corrected chi connectivity index (χ2v) is 7.27. The molecule has 3 heterocycles. The van der Waals surface area contributed by atoms with Crippen LogP contribution < -0.4 is 5.69 Å². The molecule has 26 heavy (non-hydrogen) atoms. The molecule has 1 amide bonds. The van der Waals surface area contributed by atoms with Gasteiger partial charge in [-0.15, -0.1) is 0 Å². The first kappa shape index (κ1) is 18.7. The number of amides is 1. The third-order valence-electron chi connectivity index (χ3n) is 5.20. The van der Waals surface area contributed by atoms with Crippen molar-refractivity contribution < 1.29 is 4.79 Å². The Kier molecular flexibility index (Phi) is 5.78. The highest BCUT2D eigenvalue weighted by Gasteiger charge is 2.28. The molecule has 1 saturated heterocycles. The summed E-state index contributed by atoms with van der Waals surface area (Å²) in [6, 6.07) is 5.81. The van der Waals surface area contributed by atoms with Gasteiger partial charge in [-0.1, -0.05) is 6.92 Å². The highest BCUT2D eigenvalue weighted by molar-refractivity contribution is 5.93. The van der Waals surface area contributed by atoms with Gasteiger partial charge in [0.25, 0.3) is 5.91 Å². The molecule has 7 nitrogen and oxygen atoms in total. The van der Waals surface area contributed by atoms with Crippen molar-refractivity contribution in [3.05, 3.63) is 40.6 Å². The number of carbonyl (C=O) groups is 1. The van der Waals surface area contributed by atoms with Crippen LogP contribution in [0.4, 0.5) is 0 Å². The van der Waals surface area contributed by atoms with Crippen LogP contribution in [0.15, 0.2) is 29.2 Å². The number of H-pyrrole nitrogens is 1. The zero-order chi connectivity index (χ0) is 18.7. The van der Waals surface area contributed by atoms with Crippen molar-refractivity contribution in [2.45, 2.75) is 25.8 Å². The predicted octanol–water partition coefficient (Wildman–Crippen LogP) is 1.12. The zero-order valence-corrected chi connectivity index (χ0v) is 15.9. The fraction of sp³-hybridized carbons (Fsp3) is 0.579. The third kappa shape index (κ3) is 3.99. The van der Waals surface area contributed by atoms with E-state index >= 15 is 0 Å². The minimum Gasteiger partial charge on any atom is -0.335 e. The van der Waals surface area contributed by atoms with Gasteiger partial charge in [-0.2, -0.15) is 0 Å². The van der Waals surface area contributed by atoms with E-state index in [-0.39, 0.29) is 11.6 Å². The Bertz CT molecular complexity index is 810. The summed E-state index contributed by atoms with van der Waals surface area (Å²) in [5.74, 6) is -0.101. The van der Waals surface area contributed by atoms with Crippen LogP contribution in [0.2, 0.25) is 0 Å². The van der Waals surface area contributed by atoms with Gasteiger partial charge in [0.15, 0.2) is 0 Å². The molecule has 142 valence electrons. The van der Waals surface area contributed by atoms with Crippen LogP contribution >= 0.6 is 0 Å². The normalized spacial score (nSPS) is 18.1. The third-order valence-corrected chi connectivity index (χ3v) is 5.20. The van der Waals surface area contributed by atoms with Crippen molar-refractivity contribution in [3.8, 4) is 0 Å². The quantitative estimate of drug-likeness (QED) is 0.805. The average molecular weight is 359 g/mol. The van der Waals surface area contributed by atoms with E-state index in [9.17, 15) is 9.59 Å². The van der Waals surface area contributed by atoms with Gasteiger partial charge in [-0.05, 0) is 58.2 Å². The highest BCUT2D eigenvalue weighted by atomic mass is 16.2. The van der Waals surface area contributed by atoms with Gasteiger partial charge in [0.1, 0.15) is 5.69 Å². The van der Waals surface area contributed by atoms with E-state index in [2.05, 4.69) is 21.7 Å². The van der Waals surface area contributed by atoms with Gasteiger partial charge in [0, 0.05) is 31.9 Å². The van der Waals surface area contributed by atoms with Crippen LogP contribution in [0.3, 0.4) is 0 Å². The van der Waals surface area contributed by atoms with Crippen molar-refractivity contribution in [2.24, 2.45) is 0 Å². The number of rotatable bonds is 7. The lowest BCUT2D eigenvalue weighted by Crippen LogP contribution is -2.45. The first-order chi connectivity index (χ1) is 12.5. The monoisotopic (exact) mass is 359 g/mol. The van der Waals surface area contributed by atoms with E-state index in [1.807, 2.05) is 25.1 Å². The number of nitrogens with one attached hydrogen (secondary N) is 1. The standard InChI is InChI=1S/C19H29N5O2/c1-4-22-9-5-8-16(22)14-23(12-11-21(2)3)18(25)17-13-15-7-6-10-24(15)19(26)20-17/h6-7,10,13,16H,4-5,8-9,11-12,14H2,1-3H3,(H,20,26). The van der Waals surface area contributed by atoms with Crippen molar-refractivity contribution in [2.75, 3.05) is 46.8 Å². The largest absolute Gasteiger partial charge is 0.335 e. The minimum atomic E-state index is -0.278. The molecule has 0 saturated carbocycles. The summed E-state index contributed by atoms with van der Waals surface area (Å²) < 4.78 is 1.51. The molecule has 0 spiro atoms. The SMILES string of the molecule is CCN1CCCC1CN(CCN(C)C)C(=O)c1cc2cccn2c(=O)[nH]1. The molecule has 0 aliphatic carbocycles. The van der Waals surface area contributed by atoms with Crippen LogP contribution in [-0.2, 0) is 0 Å². The zero-order valence-electron chi connectivity index (χ0n) is 15.9. The number of fused-ring (bicyclic) bond motifs is 1. The molecule has 7 heteroatoms. The summed E-state index contributed by atoms with van der Waals surface area (Å²) in [6.07, 6.45) is 4.00. The Morgan fingerprint density at radius 1 is 1.35 bits per heavy atom. The van der Waals surface area contributed by atoms with Crippen LogP contribution in [0, 0.1) is 0 Å². The van der Waals surface area contributed by atoms with E-state index < -0.39 is 0 Å². The van der Waals surface area contributed by atoms with Gasteiger partial charge in [-0.3, -0.25) is 14.1 Å². The molecular formula is C19H29N5O2. The Morgan fingerprint density at radius 2 is 2.15 bits per heavy atom. The molecule has 2 aromatic rings. The summed E-state index contributed by atoms with van der Waals surface area (Å²) in [5.41, 5.74) is 0.821. The summed E-state index contributed by atoms with van der Waals surface area (Å²) in [4.78, 5) is 34.5. The van der Waals surface area contributed by atoms with Crippen molar-refractivity contribution in [3.63, 3.8) is 0 Å². The molecule has 3 rings (SSSR count). The first-order valence-electron chi connectivity index (χ1n) is 9.38. The van der Waals surface area contributed by atoms with E-state index in [0.29, 0.717) is 24.8 Å². The Hall–Kier alpha value is -2.12. The highest BCUT2D eigenvalue weighted by Crippen LogP contribution is 2.18. The molecule has 1 atom stereocenters. The van der Waals surface area contributed by atoms with Gasteiger partial charge in [0.05, 0.1) is 5.52 Å². The van der Waals surface area contributed by atoms with E-state index in [0.717, 1.165) is 31.6 Å². The molecule has 0 radical (unpaired) electrons. The fourth-order valence-electron chi connectivity index (χ4n) is 3.71. The molecule has 1 N–H and O–H groups in total. The molecular weight excluding hydrogens is 330 g/mol. The van der Waals surface area contributed by atoms with E-state index in [1.54, 1.807) is 18.3 Å². The molecule has 1 aliphatic heterocycles. The van der Waals surface area contributed by atoms with Crippen molar-refractivity contribution in [1.29, 1.82) is 0 Å². The van der Waals surface area contributed by atoms with Gasteiger partial charge in [-0.25, -0.2) is 4.79 Å². The summed E-state index contributed by atoms with van der Waals surface area (Å²) in [6.45, 7) is 6.42. The average Bonchev–Trinajstić information content (AvgIpc) is 3.26. The topological polar surface area (TPSA) is 64.1 Å². The summed E-state index contributed by atoms with van der Waals surface area (Å²) >= 11 is 0. The number of hydrogen-bond donors (Lipinski definition) is 1. The Labute approximate surface area is 154 Å². The van der Waals surface area contributed by atoms with Crippen molar-refractivity contribution >= 4 is 11.4 Å². The number of nitrogens with zero attached hydrogens (tertiary/aromatic N) is 4. The van der Waals surface area contributed by atoms with E-state index in [1.165, 1.54) is 10.8 Å². The number of hydrogen-bond acceptors (Lipinski definition) is 4. The second-order valence-electron chi connectivity index (χ2n) is 7.27. The summed E-state index contributed by atoms with van der Waals surface area (Å²) in [5, 5.41) is 0. The first-order valence-corrected chi connectivity index (χ1v) is 9.38. The number of likely N-dealkylation sites (N-methyl/N-ethyl adjacent to an activating group) is 2. The lowest BCUT2D eigenvalue weighted by molar-refractivity contribution is 0.0688. The lowest BCUT2D eigenvalue weighted by atomic mass is 10.2. The number of likely N-dealkylation sites (tertiary alicyclic amines) is 1. The van der Waals surface area contributed by atoms with Crippen LogP contribution in [-0.4, -0.2) is 82.9 Å². The summed E-state index contributed by atoms with van der Waals surface area (Å²) in [7, 11) is 4.01. The number of aromatic amines is 1. The maximum absolute atomic E-state index is 13.2. The smallest absolute Gasteiger partial charge is 0.330 e.